The second kappa shape index (κ2) is 6.87. The molecule has 2 aromatic carbocycles. The number of carbonyl (C=O) groups is 1. The van der Waals surface area contributed by atoms with Crippen LogP contribution in [0.3, 0.4) is 0 Å². The number of carboxylic acid groups (broad SMARTS) is 1. The molecule has 0 atom stereocenters. The van der Waals surface area contributed by atoms with Crippen LogP contribution in [0.5, 0.6) is 11.6 Å². The molecule has 0 unspecified atom stereocenters. The molecular formula is C18H16N2O4. The van der Waals surface area contributed by atoms with Crippen molar-refractivity contribution in [2.24, 2.45) is 0 Å². The molecule has 122 valence electrons. The smallest absolute Gasteiger partial charge is 0.341 e. The standard InChI is InChI=1S/C18H16N2O4/c1-23-15-9-7-13(8-10-15)16-11-20(14-5-3-2-4-6-14)19-18(16)24-12-17(21)22/h2-11H,12H2,1H3,(H,21,22). The fraction of sp³-hybridized carbons (Fsp3) is 0.111. The molecule has 0 saturated carbocycles. The van der Waals surface area contributed by atoms with Crippen molar-refractivity contribution in [1.29, 1.82) is 0 Å². The number of nitrogens with zero attached hydrogens (tertiary/aromatic N) is 2. The van der Waals surface area contributed by atoms with E-state index in [1.807, 2.05) is 60.8 Å². The summed E-state index contributed by atoms with van der Waals surface area (Å²) in [6.45, 7) is -0.449. The van der Waals surface area contributed by atoms with Crippen molar-refractivity contribution in [2.45, 2.75) is 0 Å². The molecule has 3 aromatic rings. The number of ether oxygens (including phenoxy) is 2. The first-order valence-corrected chi connectivity index (χ1v) is 7.31. The summed E-state index contributed by atoms with van der Waals surface area (Å²) in [5.41, 5.74) is 2.43. The molecule has 1 heterocycles. The lowest BCUT2D eigenvalue weighted by atomic mass is 10.1. The van der Waals surface area contributed by atoms with Crippen LogP contribution in [0.15, 0.2) is 60.8 Å². The van der Waals surface area contributed by atoms with Crippen LogP contribution in [0, 0.1) is 0 Å². The monoisotopic (exact) mass is 324 g/mol. The van der Waals surface area contributed by atoms with Crippen molar-refractivity contribution < 1.29 is 19.4 Å². The van der Waals surface area contributed by atoms with Gasteiger partial charge in [0.2, 0.25) is 5.88 Å². The Bertz CT molecular complexity index is 826. The maximum Gasteiger partial charge on any atom is 0.341 e. The topological polar surface area (TPSA) is 73.6 Å². The third kappa shape index (κ3) is 3.38. The fourth-order valence-electron chi connectivity index (χ4n) is 2.28. The number of para-hydroxylation sites is 1. The highest BCUT2D eigenvalue weighted by Crippen LogP contribution is 2.31. The average Bonchev–Trinajstić information content (AvgIpc) is 3.05. The number of rotatable bonds is 6. The quantitative estimate of drug-likeness (QED) is 0.754. The van der Waals surface area contributed by atoms with E-state index in [0.717, 1.165) is 17.0 Å². The lowest BCUT2D eigenvalue weighted by Crippen LogP contribution is -2.10. The molecule has 6 nitrogen and oxygen atoms in total. The molecule has 0 amide bonds. The molecule has 1 N–H and O–H groups in total. The number of hydrogen-bond acceptors (Lipinski definition) is 4. The minimum Gasteiger partial charge on any atom is -0.497 e. The lowest BCUT2D eigenvalue weighted by molar-refractivity contribution is -0.139. The first-order chi connectivity index (χ1) is 11.7. The van der Waals surface area contributed by atoms with Gasteiger partial charge >= 0.3 is 5.97 Å². The highest BCUT2D eigenvalue weighted by atomic mass is 16.5. The van der Waals surface area contributed by atoms with Crippen molar-refractivity contribution in [3.05, 3.63) is 60.8 Å². The van der Waals surface area contributed by atoms with Crippen LogP contribution < -0.4 is 9.47 Å². The molecule has 0 fully saturated rings. The van der Waals surface area contributed by atoms with Gasteiger partial charge in [0.15, 0.2) is 6.61 Å². The Labute approximate surface area is 138 Å². The van der Waals surface area contributed by atoms with E-state index in [1.54, 1.807) is 11.8 Å². The SMILES string of the molecule is COc1ccc(-c2cn(-c3ccccc3)nc2OCC(=O)O)cc1. The summed E-state index contributed by atoms with van der Waals surface area (Å²) in [4.78, 5) is 10.8. The number of methoxy groups -OCH3 is 1. The molecule has 0 aliphatic heterocycles. The van der Waals surface area contributed by atoms with Gasteiger partial charge in [-0.25, -0.2) is 9.48 Å². The van der Waals surface area contributed by atoms with E-state index < -0.39 is 12.6 Å². The van der Waals surface area contributed by atoms with E-state index in [2.05, 4.69) is 5.10 Å². The van der Waals surface area contributed by atoms with Crippen LogP contribution in [0.2, 0.25) is 0 Å². The Balaban J connectivity index is 2.01. The van der Waals surface area contributed by atoms with Crippen molar-refractivity contribution in [3.63, 3.8) is 0 Å². The van der Waals surface area contributed by atoms with Gasteiger partial charge in [-0.1, -0.05) is 30.3 Å². The molecule has 24 heavy (non-hydrogen) atoms. The van der Waals surface area contributed by atoms with Gasteiger partial charge < -0.3 is 14.6 Å². The molecule has 0 radical (unpaired) electrons. The van der Waals surface area contributed by atoms with Crippen LogP contribution in [-0.2, 0) is 4.79 Å². The van der Waals surface area contributed by atoms with Crippen molar-refractivity contribution in [2.75, 3.05) is 13.7 Å². The number of aromatic nitrogens is 2. The van der Waals surface area contributed by atoms with E-state index in [-0.39, 0.29) is 5.88 Å². The zero-order valence-corrected chi connectivity index (χ0v) is 13.0. The highest BCUT2D eigenvalue weighted by molar-refractivity contribution is 5.71. The lowest BCUT2D eigenvalue weighted by Gasteiger charge is -2.04. The average molecular weight is 324 g/mol. The van der Waals surface area contributed by atoms with Crippen molar-refractivity contribution >= 4 is 5.97 Å². The summed E-state index contributed by atoms with van der Waals surface area (Å²) in [6, 6.07) is 16.9. The summed E-state index contributed by atoms with van der Waals surface area (Å²) >= 11 is 0. The Hall–Kier alpha value is -3.28. The summed E-state index contributed by atoms with van der Waals surface area (Å²) in [5, 5.41) is 13.2. The van der Waals surface area contributed by atoms with E-state index in [1.165, 1.54) is 0 Å². The van der Waals surface area contributed by atoms with Crippen molar-refractivity contribution in [1.82, 2.24) is 9.78 Å². The van der Waals surface area contributed by atoms with Gasteiger partial charge in [-0.15, -0.1) is 5.10 Å². The molecule has 0 bridgehead atoms. The van der Waals surface area contributed by atoms with Crippen molar-refractivity contribution in [3.8, 4) is 28.4 Å². The normalized spacial score (nSPS) is 10.4. The van der Waals surface area contributed by atoms with Gasteiger partial charge in [-0.3, -0.25) is 0 Å². The van der Waals surface area contributed by atoms with E-state index in [9.17, 15) is 4.79 Å². The largest absolute Gasteiger partial charge is 0.497 e. The first-order valence-electron chi connectivity index (χ1n) is 7.31. The number of aliphatic carboxylic acids is 1. The zero-order chi connectivity index (χ0) is 16.9. The maximum absolute atomic E-state index is 10.8. The Morgan fingerprint density at radius 1 is 1.12 bits per heavy atom. The van der Waals surface area contributed by atoms with Gasteiger partial charge in [-0.2, -0.15) is 0 Å². The maximum atomic E-state index is 10.8. The van der Waals surface area contributed by atoms with Crippen LogP contribution in [0.1, 0.15) is 0 Å². The number of carboxylic acids is 1. The predicted octanol–water partition coefficient (Wildman–Crippen LogP) is 3.01. The molecule has 6 heteroatoms. The van der Waals surface area contributed by atoms with Gasteiger partial charge in [0.25, 0.3) is 0 Å². The Morgan fingerprint density at radius 2 is 1.83 bits per heavy atom. The Kier molecular flexibility index (Phi) is 4.47. The third-order valence-corrected chi connectivity index (χ3v) is 3.43. The van der Waals surface area contributed by atoms with E-state index in [4.69, 9.17) is 14.6 Å². The summed E-state index contributed by atoms with van der Waals surface area (Å²) in [7, 11) is 1.60. The minimum atomic E-state index is -1.05. The third-order valence-electron chi connectivity index (χ3n) is 3.43. The summed E-state index contributed by atoms with van der Waals surface area (Å²) in [6.07, 6.45) is 1.81. The van der Waals surface area contributed by atoms with Gasteiger partial charge in [0.05, 0.1) is 18.4 Å². The molecule has 0 aliphatic carbocycles. The van der Waals surface area contributed by atoms with E-state index >= 15 is 0 Å². The molecule has 1 aromatic heterocycles. The predicted molar refractivity (Wildman–Crippen MR) is 88.7 cm³/mol. The molecule has 0 aliphatic rings. The highest BCUT2D eigenvalue weighted by Gasteiger charge is 2.15. The summed E-state index contributed by atoms with van der Waals surface area (Å²) < 4.78 is 12.2. The number of benzene rings is 2. The minimum absolute atomic E-state index is 0.270. The zero-order valence-electron chi connectivity index (χ0n) is 13.0. The molecule has 3 rings (SSSR count). The second-order valence-electron chi connectivity index (χ2n) is 5.04. The second-order valence-corrected chi connectivity index (χ2v) is 5.04. The molecule has 0 spiro atoms. The summed E-state index contributed by atoms with van der Waals surface area (Å²) in [5.74, 6) is -0.0430. The first kappa shape index (κ1) is 15.6. The van der Waals surface area contributed by atoms with Crippen LogP contribution in [0.25, 0.3) is 16.8 Å². The van der Waals surface area contributed by atoms with Gasteiger partial charge in [-0.05, 0) is 29.8 Å². The van der Waals surface area contributed by atoms with Crippen LogP contribution >= 0.6 is 0 Å². The Morgan fingerprint density at radius 3 is 2.46 bits per heavy atom. The van der Waals surface area contributed by atoms with E-state index in [0.29, 0.717) is 5.56 Å². The fourth-order valence-corrected chi connectivity index (χ4v) is 2.28. The van der Waals surface area contributed by atoms with Crippen LogP contribution in [0.4, 0.5) is 0 Å². The van der Waals surface area contributed by atoms with Crippen LogP contribution in [-0.4, -0.2) is 34.6 Å². The molecule has 0 saturated heterocycles. The van der Waals surface area contributed by atoms with Gasteiger partial charge in [0.1, 0.15) is 5.75 Å². The number of hydrogen-bond donors (Lipinski definition) is 1. The molecular weight excluding hydrogens is 308 g/mol. The van der Waals surface area contributed by atoms with Gasteiger partial charge in [0, 0.05) is 6.20 Å².